The van der Waals surface area contributed by atoms with E-state index in [-0.39, 0.29) is 30.6 Å². The number of benzene rings is 1. The second-order valence-corrected chi connectivity index (χ2v) is 3.30. The predicted octanol–water partition coefficient (Wildman–Crippen LogP) is 0.556. The SMILES string of the molecule is CNC(=O)CCNC(=O)c1ccc(N)cc1.Cl. The lowest BCUT2D eigenvalue weighted by Gasteiger charge is -2.04. The zero-order chi connectivity index (χ0) is 12.0. The number of carbonyl (C=O) groups is 2. The van der Waals surface area contributed by atoms with Gasteiger partial charge in [0, 0.05) is 31.3 Å². The van der Waals surface area contributed by atoms with Crippen molar-refractivity contribution in [1.82, 2.24) is 10.6 Å². The molecule has 2 amide bonds. The number of nitrogens with one attached hydrogen (secondary N) is 2. The highest BCUT2D eigenvalue weighted by molar-refractivity contribution is 5.94. The minimum Gasteiger partial charge on any atom is -0.399 e. The van der Waals surface area contributed by atoms with Gasteiger partial charge in [0.05, 0.1) is 0 Å². The van der Waals surface area contributed by atoms with Crippen LogP contribution in [0.15, 0.2) is 24.3 Å². The van der Waals surface area contributed by atoms with Crippen molar-refractivity contribution in [3.8, 4) is 0 Å². The third-order valence-corrected chi connectivity index (χ3v) is 2.09. The van der Waals surface area contributed by atoms with Crippen LogP contribution < -0.4 is 16.4 Å². The van der Waals surface area contributed by atoms with Crippen molar-refractivity contribution in [2.75, 3.05) is 19.3 Å². The van der Waals surface area contributed by atoms with Crippen LogP contribution in [0.5, 0.6) is 0 Å². The Morgan fingerprint density at radius 2 is 1.82 bits per heavy atom. The summed E-state index contributed by atoms with van der Waals surface area (Å²) < 4.78 is 0. The molecule has 0 aliphatic heterocycles. The first kappa shape index (κ1) is 15.2. The van der Waals surface area contributed by atoms with E-state index in [1.165, 1.54) is 0 Å². The van der Waals surface area contributed by atoms with Crippen LogP contribution in [-0.2, 0) is 4.79 Å². The van der Waals surface area contributed by atoms with Gasteiger partial charge in [0.15, 0.2) is 0 Å². The number of halogens is 1. The number of nitrogen functional groups attached to an aromatic ring is 1. The standard InChI is InChI=1S/C11H15N3O2.ClH/c1-13-10(15)6-7-14-11(16)8-2-4-9(12)5-3-8;/h2-5H,6-7,12H2,1H3,(H,13,15)(H,14,16);1H. The van der Waals surface area contributed by atoms with Crippen LogP contribution in [-0.4, -0.2) is 25.4 Å². The lowest BCUT2D eigenvalue weighted by Crippen LogP contribution is -2.29. The van der Waals surface area contributed by atoms with E-state index in [0.29, 0.717) is 17.8 Å². The molecule has 0 saturated heterocycles. The van der Waals surface area contributed by atoms with Crippen LogP contribution >= 0.6 is 12.4 Å². The average molecular weight is 258 g/mol. The van der Waals surface area contributed by atoms with Crippen LogP contribution in [0, 0.1) is 0 Å². The highest BCUT2D eigenvalue weighted by Crippen LogP contribution is 2.04. The molecule has 6 heteroatoms. The number of hydrogen-bond acceptors (Lipinski definition) is 3. The summed E-state index contributed by atoms with van der Waals surface area (Å²) in [5.74, 6) is -0.304. The maximum Gasteiger partial charge on any atom is 0.251 e. The Morgan fingerprint density at radius 1 is 1.24 bits per heavy atom. The Hall–Kier alpha value is -1.75. The van der Waals surface area contributed by atoms with E-state index >= 15 is 0 Å². The molecule has 0 aliphatic carbocycles. The number of rotatable bonds is 4. The Morgan fingerprint density at radius 3 is 2.35 bits per heavy atom. The second kappa shape index (κ2) is 7.51. The lowest BCUT2D eigenvalue weighted by molar-refractivity contribution is -0.120. The van der Waals surface area contributed by atoms with Crippen molar-refractivity contribution in [3.63, 3.8) is 0 Å². The molecule has 0 bridgehead atoms. The smallest absolute Gasteiger partial charge is 0.251 e. The van der Waals surface area contributed by atoms with Gasteiger partial charge in [0.25, 0.3) is 5.91 Å². The van der Waals surface area contributed by atoms with Crippen LogP contribution in [0.2, 0.25) is 0 Å². The molecule has 0 saturated carbocycles. The first-order valence-electron chi connectivity index (χ1n) is 4.98. The molecule has 0 atom stereocenters. The molecule has 0 fully saturated rings. The molecule has 17 heavy (non-hydrogen) atoms. The van der Waals surface area contributed by atoms with Gasteiger partial charge in [0.2, 0.25) is 5.91 Å². The summed E-state index contributed by atoms with van der Waals surface area (Å²) in [6.07, 6.45) is 0.275. The number of amides is 2. The first-order chi connectivity index (χ1) is 7.63. The third kappa shape index (κ3) is 5.21. The molecule has 94 valence electrons. The van der Waals surface area contributed by atoms with Gasteiger partial charge >= 0.3 is 0 Å². The molecule has 0 aliphatic rings. The fraction of sp³-hybridized carbons (Fsp3) is 0.273. The van der Waals surface area contributed by atoms with E-state index < -0.39 is 0 Å². The zero-order valence-corrected chi connectivity index (χ0v) is 10.3. The van der Waals surface area contributed by atoms with Crippen molar-refractivity contribution < 1.29 is 9.59 Å². The van der Waals surface area contributed by atoms with Gasteiger partial charge in [-0.1, -0.05) is 0 Å². The maximum atomic E-state index is 11.5. The minimum atomic E-state index is -0.205. The second-order valence-electron chi connectivity index (χ2n) is 3.30. The van der Waals surface area contributed by atoms with Gasteiger partial charge in [-0.05, 0) is 24.3 Å². The summed E-state index contributed by atoms with van der Waals surface area (Å²) >= 11 is 0. The van der Waals surface area contributed by atoms with Crippen LogP contribution in [0.25, 0.3) is 0 Å². The normalized spacial score (nSPS) is 9.00. The molecule has 1 aromatic carbocycles. The quantitative estimate of drug-likeness (QED) is 0.689. The highest BCUT2D eigenvalue weighted by atomic mass is 35.5. The largest absolute Gasteiger partial charge is 0.399 e. The lowest BCUT2D eigenvalue weighted by atomic mass is 10.2. The summed E-state index contributed by atoms with van der Waals surface area (Å²) in [4.78, 5) is 22.4. The van der Waals surface area contributed by atoms with E-state index in [4.69, 9.17) is 5.73 Å². The molecule has 5 nitrogen and oxygen atoms in total. The van der Waals surface area contributed by atoms with Gasteiger partial charge in [-0.2, -0.15) is 0 Å². The van der Waals surface area contributed by atoms with Crippen molar-refractivity contribution in [3.05, 3.63) is 29.8 Å². The average Bonchev–Trinajstić information content (AvgIpc) is 2.29. The van der Waals surface area contributed by atoms with Crippen LogP contribution in [0.4, 0.5) is 5.69 Å². The van der Waals surface area contributed by atoms with E-state index in [2.05, 4.69) is 10.6 Å². The predicted molar refractivity (Wildman–Crippen MR) is 69.1 cm³/mol. The van der Waals surface area contributed by atoms with Crippen molar-refractivity contribution >= 4 is 29.9 Å². The van der Waals surface area contributed by atoms with Gasteiger partial charge in [-0.15, -0.1) is 12.4 Å². The summed E-state index contributed by atoms with van der Waals surface area (Å²) in [5, 5.41) is 5.12. The highest BCUT2D eigenvalue weighted by Gasteiger charge is 2.05. The Bertz CT molecular complexity index is 379. The van der Waals surface area contributed by atoms with Gasteiger partial charge in [-0.3, -0.25) is 9.59 Å². The van der Waals surface area contributed by atoms with E-state index in [1.807, 2.05) is 0 Å². The molecular weight excluding hydrogens is 242 g/mol. The number of anilines is 1. The monoisotopic (exact) mass is 257 g/mol. The molecule has 1 rings (SSSR count). The van der Waals surface area contributed by atoms with Crippen LogP contribution in [0.1, 0.15) is 16.8 Å². The number of hydrogen-bond donors (Lipinski definition) is 3. The van der Waals surface area contributed by atoms with E-state index in [9.17, 15) is 9.59 Å². The Balaban J connectivity index is 0.00000256. The molecule has 0 unspecified atom stereocenters. The fourth-order valence-electron chi connectivity index (χ4n) is 1.15. The molecule has 0 radical (unpaired) electrons. The summed E-state index contributed by atoms with van der Waals surface area (Å²) in [6, 6.07) is 6.61. The van der Waals surface area contributed by atoms with Crippen molar-refractivity contribution in [2.45, 2.75) is 6.42 Å². The van der Waals surface area contributed by atoms with Gasteiger partial charge in [0.1, 0.15) is 0 Å². The van der Waals surface area contributed by atoms with Crippen LogP contribution in [0.3, 0.4) is 0 Å². The Labute approximate surface area is 106 Å². The fourth-order valence-corrected chi connectivity index (χ4v) is 1.15. The summed E-state index contributed by atoms with van der Waals surface area (Å²) in [6.45, 7) is 0.322. The molecule has 0 heterocycles. The molecular formula is C11H16ClN3O2. The number of nitrogens with two attached hydrogens (primary N) is 1. The number of carbonyl (C=O) groups excluding carboxylic acids is 2. The Kier molecular flexibility index (Phi) is 6.74. The summed E-state index contributed by atoms with van der Waals surface area (Å²) in [5.41, 5.74) is 6.65. The maximum absolute atomic E-state index is 11.5. The third-order valence-electron chi connectivity index (χ3n) is 2.09. The minimum absolute atomic E-state index is 0. The van der Waals surface area contributed by atoms with Gasteiger partial charge < -0.3 is 16.4 Å². The molecule has 4 N–H and O–H groups in total. The molecule has 0 spiro atoms. The van der Waals surface area contributed by atoms with Crippen molar-refractivity contribution in [2.24, 2.45) is 0 Å². The van der Waals surface area contributed by atoms with E-state index in [1.54, 1.807) is 31.3 Å². The topological polar surface area (TPSA) is 84.2 Å². The van der Waals surface area contributed by atoms with Gasteiger partial charge in [-0.25, -0.2) is 0 Å². The van der Waals surface area contributed by atoms with E-state index in [0.717, 1.165) is 0 Å². The molecule has 1 aromatic rings. The first-order valence-corrected chi connectivity index (χ1v) is 4.98. The zero-order valence-electron chi connectivity index (χ0n) is 9.53. The summed E-state index contributed by atoms with van der Waals surface area (Å²) in [7, 11) is 1.56. The molecule has 0 aromatic heterocycles. The van der Waals surface area contributed by atoms with Crippen molar-refractivity contribution in [1.29, 1.82) is 0 Å².